The lowest BCUT2D eigenvalue weighted by Gasteiger charge is -2.20. The molecule has 28 heavy (non-hydrogen) atoms. The molecule has 1 fully saturated rings. The Morgan fingerprint density at radius 3 is 2.43 bits per heavy atom. The van der Waals surface area contributed by atoms with Gasteiger partial charge >= 0.3 is 0 Å². The van der Waals surface area contributed by atoms with Crippen molar-refractivity contribution in [2.45, 2.75) is 58.9 Å². The molecule has 1 aliphatic rings. The molecule has 1 saturated heterocycles. The monoisotopic (exact) mass is 393 g/mol. The van der Waals surface area contributed by atoms with Crippen LogP contribution in [0.4, 0.5) is 0 Å². The summed E-state index contributed by atoms with van der Waals surface area (Å²) < 4.78 is 7.39. The minimum Gasteiger partial charge on any atom is -0.382 e. The van der Waals surface area contributed by atoms with E-state index in [1.165, 1.54) is 38.8 Å². The molecule has 8 nitrogen and oxygen atoms in total. The Labute approximate surface area is 170 Å². The second-order valence-corrected chi connectivity index (χ2v) is 7.40. The molecular formula is C20H39N7O. The van der Waals surface area contributed by atoms with Crippen molar-refractivity contribution in [2.75, 3.05) is 45.9 Å². The normalized spacial score (nSPS) is 16.2. The van der Waals surface area contributed by atoms with Crippen molar-refractivity contribution in [3.63, 3.8) is 0 Å². The maximum atomic E-state index is 5.41. The third kappa shape index (κ3) is 8.56. The average molecular weight is 394 g/mol. The number of aromatic nitrogens is 3. The molecule has 0 bridgehead atoms. The van der Waals surface area contributed by atoms with Crippen molar-refractivity contribution < 1.29 is 4.74 Å². The van der Waals surface area contributed by atoms with Crippen LogP contribution in [-0.2, 0) is 18.3 Å². The zero-order valence-corrected chi connectivity index (χ0v) is 18.0. The summed E-state index contributed by atoms with van der Waals surface area (Å²) in [6, 6.07) is 0. The van der Waals surface area contributed by atoms with Gasteiger partial charge in [-0.3, -0.25) is 0 Å². The van der Waals surface area contributed by atoms with Gasteiger partial charge in [0.15, 0.2) is 11.8 Å². The van der Waals surface area contributed by atoms with Crippen LogP contribution in [0.15, 0.2) is 4.99 Å². The molecule has 0 atom stereocenters. The van der Waals surface area contributed by atoms with Crippen LogP contribution in [0.25, 0.3) is 0 Å². The standard InChI is InChI=1S/C20H39N7O/c1-4-28-16-10-12-22-20(23-17-19-25-24-18(2)26(19)3)21-11-9-15-27-13-7-5-6-8-14-27/h4-17H2,1-3H3,(H2,21,22,23). The van der Waals surface area contributed by atoms with Gasteiger partial charge in [0.25, 0.3) is 0 Å². The zero-order chi connectivity index (χ0) is 20.0. The highest BCUT2D eigenvalue weighted by atomic mass is 16.5. The predicted octanol–water partition coefficient (Wildman–Crippen LogP) is 1.85. The first-order valence-corrected chi connectivity index (χ1v) is 10.9. The number of aliphatic imine (C=N–C) groups is 1. The van der Waals surface area contributed by atoms with Crippen molar-refractivity contribution >= 4 is 5.96 Å². The van der Waals surface area contributed by atoms with Gasteiger partial charge in [-0.1, -0.05) is 12.8 Å². The average Bonchev–Trinajstić information content (AvgIpc) is 2.89. The SMILES string of the molecule is CCOCCCNC(=NCc1nnc(C)n1C)NCCCN1CCCCCC1. The molecule has 1 aromatic heterocycles. The number of likely N-dealkylation sites (tertiary alicyclic amines) is 1. The van der Waals surface area contributed by atoms with Gasteiger partial charge in [-0.2, -0.15) is 0 Å². The molecule has 0 aromatic carbocycles. The number of hydrogen-bond donors (Lipinski definition) is 2. The summed E-state index contributed by atoms with van der Waals surface area (Å²) in [5, 5.41) is 15.2. The molecule has 0 saturated carbocycles. The topological polar surface area (TPSA) is 79.6 Å². The molecule has 1 aliphatic heterocycles. The van der Waals surface area contributed by atoms with Gasteiger partial charge in [0.05, 0.1) is 0 Å². The van der Waals surface area contributed by atoms with Gasteiger partial charge in [0.1, 0.15) is 12.4 Å². The fraction of sp³-hybridized carbons (Fsp3) is 0.850. The molecule has 160 valence electrons. The number of hydrogen-bond acceptors (Lipinski definition) is 5. The highest BCUT2D eigenvalue weighted by Crippen LogP contribution is 2.09. The van der Waals surface area contributed by atoms with E-state index in [1.54, 1.807) is 0 Å². The Balaban J connectivity index is 1.77. The van der Waals surface area contributed by atoms with Crippen LogP contribution in [-0.4, -0.2) is 71.6 Å². The first-order valence-electron chi connectivity index (χ1n) is 10.9. The lowest BCUT2D eigenvalue weighted by atomic mass is 10.2. The van der Waals surface area contributed by atoms with Crippen LogP contribution in [0.3, 0.4) is 0 Å². The van der Waals surface area contributed by atoms with Gasteiger partial charge in [0, 0.05) is 33.4 Å². The second kappa shape index (κ2) is 13.5. The Morgan fingerprint density at radius 2 is 1.79 bits per heavy atom. The number of guanidine groups is 1. The summed E-state index contributed by atoms with van der Waals surface area (Å²) in [5.41, 5.74) is 0. The molecule has 0 radical (unpaired) electrons. The largest absolute Gasteiger partial charge is 0.382 e. The first kappa shape index (κ1) is 22.6. The molecule has 1 aromatic rings. The van der Waals surface area contributed by atoms with E-state index >= 15 is 0 Å². The van der Waals surface area contributed by atoms with Crippen molar-refractivity contribution in [3.8, 4) is 0 Å². The van der Waals surface area contributed by atoms with E-state index in [1.807, 2.05) is 25.5 Å². The third-order valence-corrected chi connectivity index (χ3v) is 5.17. The van der Waals surface area contributed by atoms with Crippen LogP contribution in [0, 0.1) is 6.92 Å². The summed E-state index contributed by atoms with van der Waals surface area (Å²) in [4.78, 5) is 7.30. The van der Waals surface area contributed by atoms with Crippen LogP contribution in [0.1, 0.15) is 57.1 Å². The highest BCUT2D eigenvalue weighted by molar-refractivity contribution is 5.79. The quantitative estimate of drug-likeness (QED) is 0.339. The molecule has 0 aliphatic carbocycles. The zero-order valence-electron chi connectivity index (χ0n) is 18.0. The summed E-state index contributed by atoms with van der Waals surface area (Å²) in [6.07, 6.45) is 7.56. The predicted molar refractivity (Wildman–Crippen MR) is 114 cm³/mol. The van der Waals surface area contributed by atoms with Crippen LogP contribution in [0.2, 0.25) is 0 Å². The number of rotatable bonds is 11. The van der Waals surface area contributed by atoms with Gasteiger partial charge in [-0.25, -0.2) is 4.99 Å². The Kier molecular flexibility index (Phi) is 10.9. The minimum atomic E-state index is 0.518. The second-order valence-electron chi connectivity index (χ2n) is 7.40. The smallest absolute Gasteiger partial charge is 0.191 e. The van der Waals surface area contributed by atoms with E-state index in [0.717, 1.165) is 63.3 Å². The Morgan fingerprint density at radius 1 is 1.07 bits per heavy atom. The maximum Gasteiger partial charge on any atom is 0.191 e. The fourth-order valence-corrected chi connectivity index (χ4v) is 3.31. The third-order valence-electron chi connectivity index (χ3n) is 5.17. The molecule has 0 spiro atoms. The van der Waals surface area contributed by atoms with Crippen LogP contribution >= 0.6 is 0 Å². The molecule has 2 N–H and O–H groups in total. The van der Waals surface area contributed by atoms with Crippen molar-refractivity contribution in [2.24, 2.45) is 12.0 Å². The van der Waals surface area contributed by atoms with E-state index in [-0.39, 0.29) is 0 Å². The summed E-state index contributed by atoms with van der Waals surface area (Å²) in [5.74, 6) is 2.62. The minimum absolute atomic E-state index is 0.518. The lowest BCUT2D eigenvalue weighted by molar-refractivity contribution is 0.145. The van der Waals surface area contributed by atoms with E-state index in [2.05, 4.69) is 25.7 Å². The molecule has 2 heterocycles. The Bertz CT molecular complexity index is 565. The Hall–Kier alpha value is -1.67. The molecule has 8 heteroatoms. The van der Waals surface area contributed by atoms with Crippen molar-refractivity contribution in [1.82, 2.24) is 30.3 Å². The van der Waals surface area contributed by atoms with Gasteiger partial charge in [-0.15, -0.1) is 10.2 Å². The van der Waals surface area contributed by atoms with E-state index in [0.29, 0.717) is 6.54 Å². The lowest BCUT2D eigenvalue weighted by Crippen LogP contribution is -2.39. The van der Waals surface area contributed by atoms with E-state index < -0.39 is 0 Å². The van der Waals surface area contributed by atoms with Gasteiger partial charge in [0.2, 0.25) is 0 Å². The molecule has 2 rings (SSSR count). The maximum absolute atomic E-state index is 5.41. The number of nitrogens with one attached hydrogen (secondary N) is 2. The van der Waals surface area contributed by atoms with Crippen LogP contribution < -0.4 is 10.6 Å². The molecule has 0 unspecified atom stereocenters. The van der Waals surface area contributed by atoms with Crippen molar-refractivity contribution in [3.05, 3.63) is 11.6 Å². The summed E-state index contributed by atoms with van der Waals surface area (Å²) in [7, 11) is 1.98. The first-order chi connectivity index (χ1) is 13.7. The summed E-state index contributed by atoms with van der Waals surface area (Å²) in [6.45, 7) is 11.5. The summed E-state index contributed by atoms with van der Waals surface area (Å²) >= 11 is 0. The van der Waals surface area contributed by atoms with Crippen molar-refractivity contribution in [1.29, 1.82) is 0 Å². The van der Waals surface area contributed by atoms with E-state index in [9.17, 15) is 0 Å². The van der Waals surface area contributed by atoms with Crippen LogP contribution in [0.5, 0.6) is 0 Å². The number of ether oxygens (including phenoxy) is 1. The number of aryl methyl sites for hydroxylation is 1. The van der Waals surface area contributed by atoms with Gasteiger partial charge < -0.3 is 24.8 Å². The fourth-order valence-electron chi connectivity index (χ4n) is 3.31. The molecule has 0 amide bonds. The number of nitrogens with zero attached hydrogens (tertiary/aromatic N) is 5. The van der Waals surface area contributed by atoms with E-state index in [4.69, 9.17) is 9.73 Å². The molecular weight excluding hydrogens is 354 g/mol. The highest BCUT2D eigenvalue weighted by Gasteiger charge is 2.09. The van der Waals surface area contributed by atoms with Gasteiger partial charge in [-0.05, 0) is 59.2 Å².